The number of hydrogen-bond acceptors (Lipinski definition) is 2. The van der Waals surface area contributed by atoms with Crippen LogP contribution in [0.3, 0.4) is 0 Å². The molecule has 0 aliphatic carbocycles. The largest absolute Gasteiger partial charge is 0.348 e. The number of carbonyl (C=O) groups is 1. The van der Waals surface area contributed by atoms with Gasteiger partial charge in [-0.2, -0.15) is 0 Å². The summed E-state index contributed by atoms with van der Waals surface area (Å²) in [4.78, 5) is 12.2. The highest BCUT2D eigenvalue weighted by Gasteiger charge is 2.17. The summed E-state index contributed by atoms with van der Waals surface area (Å²) in [6.45, 7) is 4.46. The second kappa shape index (κ2) is 8.76. The molecule has 0 bridgehead atoms. The molecule has 0 aliphatic rings. The van der Waals surface area contributed by atoms with Gasteiger partial charge in [-0.15, -0.1) is 12.4 Å². The highest BCUT2D eigenvalue weighted by molar-refractivity contribution is 5.85. The summed E-state index contributed by atoms with van der Waals surface area (Å²) in [5.41, 5.74) is 6.92. The maximum absolute atomic E-state index is 12.2. The number of amides is 1. The van der Waals surface area contributed by atoms with Gasteiger partial charge < -0.3 is 11.1 Å². The van der Waals surface area contributed by atoms with Crippen molar-refractivity contribution in [1.82, 2.24) is 5.32 Å². The third kappa shape index (κ3) is 4.46. The Morgan fingerprint density at radius 1 is 1.18 bits per heavy atom. The van der Waals surface area contributed by atoms with E-state index in [1.165, 1.54) is 10.8 Å². The predicted octanol–water partition coefficient (Wildman–Crippen LogP) is 3.81. The normalized spacial score (nSPS) is 13.2. The van der Waals surface area contributed by atoms with Crippen LogP contribution in [-0.4, -0.2) is 12.5 Å². The minimum atomic E-state index is -0.124. The molecular formula is C18H25ClN2O. The van der Waals surface area contributed by atoms with Gasteiger partial charge in [0, 0.05) is 12.5 Å². The minimum Gasteiger partial charge on any atom is -0.348 e. The predicted molar refractivity (Wildman–Crippen MR) is 95.2 cm³/mol. The van der Waals surface area contributed by atoms with E-state index in [4.69, 9.17) is 5.73 Å². The van der Waals surface area contributed by atoms with Crippen LogP contribution >= 0.6 is 12.4 Å². The fourth-order valence-electron chi connectivity index (χ4n) is 2.58. The van der Waals surface area contributed by atoms with Crippen LogP contribution in [0.15, 0.2) is 42.5 Å². The first-order valence-corrected chi connectivity index (χ1v) is 7.64. The summed E-state index contributed by atoms with van der Waals surface area (Å²) in [5.74, 6) is 0.116. The van der Waals surface area contributed by atoms with Crippen molar-refractivity contribution in [3.8, 4) is 0 Å². The van der Waals surface area contributed by atoms with E-state index < -0.39 is 0 Å². The van der Waals surface area contributed by atoms with Crippen LogP contribution < -0.4 is 11.1 Å². The molecule has 3 N–H and O–H groups in total. The lowest BCUT2D eigenvalue weighted by atomic mass is 10.00. The van der Waals surface area contributed by atoms with E-state index >= 15 is 0 Å². The van der Waals surface area contributed by atoms with Gasteiger partial charge in [0.15, 0.2) is 0 Å². The molecule has 120 valence electrons. The SMILES string of the molecule is CCCC(C)C(=O)NC(CN)c1ccc2ccccc2c1.Cl. The molecule has 2 rings (SSSR count). The van der Waals surface area contributed by atoms with E-state index in [0.717, 1.165) is 18.4 Å². The summed E-state index contributed by atoms with van der Waals surface area (Å²) in [5, 5.41) is 5.44. The lowest BCUT2D eigenvalue weighted by Gasteiger charge is -2.20. The Kier molecular flexibility index (Phi) is 7.36. The van der Waals surface area contributed by atoms with Crippen LogP contribution in [0, 0.1) is 5.92 Å². The molecule has 0 saturated heterocycles. The molecule has 22 heavy (non-hydrogen) atoms. The van der Waals surface area contributed by atoms with Crippen molar-refractivity contribution in [1.29, 1.82) is 0 Å². The van der Waals surface area contributed by atoms with Crippen LogP contribution in [0.5, 0.6) is 0 Å². The Bertz CT molecular complexity index is 615. The highest BCUT2D eigenvalue weighted by Crippen LogP contribution is 2.20. The zero-order chi connectivity index (χ0) is 15.2. The molecular weight excluding hydrogens is 296 g/mol. The number of nitrogens with one attached hydrogen (secondary N) is 1. The van der Waals surface area contributed by atoms with Crippen LogP contribution in [0.1, 0.15) is 38.3 Å². The van der Waals surface area contributed by atoms with Crippen LogP contribution in [0.2, 0.25) is 0 Å². The number of hydrogen-bond donors (Lipinski definition) is 2. The molecule has 0 saturated carbocycles. The molecule has 2 aromatic carbocycles. The maximum Gasteiger partial charge on any atom is 0.223 e. The number of fused-ring (bicyclic) bond motifs is 1. The van der Waals surface area contributed by atoms with Crippen molar-refractivity contribution in [3.63, 3.8) is 0 Å². The second-order valence-corrected chi connectivity index (χ2v) is 5.59. The molecule has 2 unspecified atom stereocenters. The van der Waals surface area contributed by atoms with Crippen molar-refractivity contribution in [2.75, 3.05) is 6.54 Å². The third-order valence-corrected chi connectivity index (χ3v) is 3.90. The van der Waals surface area contributed by atoms with Gasteiger partial charge in [-0.1, -0.05) is 56.7 Å². The van der Waals surface area contributed by atoms with E-state index in [1.807, 2.05) is 25.1 Å². The summed E-state index contributed by atoms with van der Waals surface area (Å²) < 4.78 is 0. The summed E-state index contributed by atoms with van der Waals surface area (Å²) in [6, 6.07) is 14.3. The Labute approximate surface area is 138 Å². The molecule has 0 heterocycles. The molecule has 0 aromatic heterocycles. The first kappa shape index (κ1) is 18.5. The van der Waals surface area contributed by atoms with Crippen molar-refractivity contribution >= 4 is 29.1 Å². The molecule has 4 heteroatoms. The van der Waals surface area contributed by atoms with Gasteiger partial charge in [-0.05, 0) is 28.8 Å². The van der Waals surface area contributed by atoms with E-state index in [1.54, 1.807) is 0 Å². The summed E-state index contributed by atoms with van der Waals surface area (Å²) >= 11 is 0. The molecule has 2 atom stereocenters. The lowest BCUT2D eigenvalue weighted by molar-refractivity contribution is -0.125. The zero-order valence-electron chi connectivity index (χ0n) is 13.2. The molecule has 0 fully saturated rings. The average molecular weight is 321 g/mol. The van der Waals surface area contributed by atoms with Crippen LogP contribution in [0.25, 0.3) is 10.8 Å². The van der Waals surface area contributed by atoms with Crippen molar-refractivity contribution in [2.45, 2.75) is 32.7 Å². The van der Waals surface area contributed by atoms with E-state index in [-0.39, 0.29) is 30.3 Å². The number of halogens is 1. The molecule has 1 amide bonds. The third-order valence-electron chi connectivity index (χ3n) is 3.90. The Balaban J connectivity index is 0.00000242. The van der Waals surface area contributed by atoms with Gasteiger partial charge in [-0.25, -0.2) is 0 Å². The molecule has 0 aliphatic heterocycles. The monoisotopic (exact) mass is 320 g/mol. The van der Waals surface area contributed by atoms with E-state index in [0.29, 0.717) is 6.54 Å². The number of rotatable bonds is 6. The molecule has 3 nitrogen and oxygen atoms in total. The van der Waals surface area contributed by atoms with Gasteiger partial charge in [0.2, 0.25) is 5.91 Å². The fraction of sp³-hybridized carbons (Fsp3) is 0.389. The topological polar surface area (TPSA) is 55.1 Å². The van der Waals surface area contributed by atoms with Gasteiger partial charge >= 0.3 is 0 Å². The number of benzene rings is 2. The highest BCUT2D eigenvalue weighted by atomic mass is 35.5. The van der Waals surface area contributed by atoms with Crippen molar-refractivity contribution < 1.29 is 4.79 Å². The van der Waals surface area contributed by atoms with E-state index in [9.17, 15) is 4.79 Å². The Hall–Kier alpha value is -1.58. The summed E-state index contributed by atoms with van der Waals surface area (Å²) in [7, 11) is 0. The Morgan fingerprint density at radius 2 is 1.86 bits per heavy atom. The first-order chi connectivity index (χ1) is 10.2. The molecule has 2 aromatic rings. The number of nitrogens with two attached hydrogens (primary N) is 1. The van der Waals surface area contributed by atoms with Gasteiger partial charge in [0.05, 0.1) is 6.04 Å². The number of carbonyl (C=O) groups excluding carboxylic acids is 1. The Morgan fingerprint density at radius 3 is 2.50 bits per heavy atom. The smallest absolute Gasteiger partial charge is 0.223 e. The minimum absolute atomic E-state index is 0. The molecule has 0 spiro atoms. The average Bonchev–Trinajstić information content (AvgIpc) is 2.52. The van der Waals surface area contributed by atoms with Crippen LogP contribution in [-0.2, 0) is 4.79 Å². The second-order valence-electron chi connectivity index (χ2n) is 5.59. The fourth-order valence-corrected chi connectivity index (χ4v) is 2.58. The maximum atomic E-state index is 12.2. The van der Waals surface area contributed by atoms with Crippen LogP contribution in [0.4, 0.5) is 0 Å². The van der Waals surface area contributed by atoms with Gasteiger partial charge in [0.25, 0.3) is 0 Å². The zero-order valence-corrected chi connectivity index (χ0v) is 14.0. The van der Waals surface area contributed by atoms with Crippen molar-refractivity contribution in [2.24, 2.45) is 11.7 Å². The summed E-state index contributed by atoms with van der Waals surface area (Å²) in [6.07, 6.45) is 1.92. The molecule has 0 radical (unpaired) electrons. The lowest BCUT2D eigenvalue weighted by Crippen LogP contribution is -2.36. The van der Waals surface area contributed by atoms with Gasteiger partial charge in [-0.3, -0.25) is 4.79 Å². The quantitative estimate of drug-likeness (QED) is 0.850. The first-order valence-electron chi connectivity index (χ1n) is 7.64. The van der Waals surface area contributed by atoms with Crippen molar-refractivity contribution in [3.05, 3.63) is 48.0 Å². The van der Waals surface area contributed by atoms with Gasteiger partial charge in [0.1, 0.15) is 0 Å². The van der Waals surface area contributed by atoms with E-state index in [2.05, 4.69) is 36.5 Å². The standard InChI is InChI=1S/C18H24N2O.ClH/c1-3-6-13(2)18(21)20-17(12-19)16-10-9-14-7-4-5-8-15(14)11-16;/h4-5,7-11,13,17H,3,6,12,19H2,1-2H3,(H,20,21);1H.